The summed E-state index contributed by atoms with van der Waals surface area (Å²) < 4.78 is 0. The molecule has 0 unspecified atom stereocenters. The van der Waals surface area contributed by atoms with E-state index in [4.69, 9.17) is 5.73 Å². The van der Waals surface area contributed by atoms with Crippen LogP contribution in [0, 0.1) is 0 Å². The number of rotatable bonds is 2. The van der Waals surface area contributed by atoms with E-state index in [0.29, 0.717) is 0 Å². The summed E-state index contributed by atoms with van der Waals surface area (Å²) in [6.45, 7) is 1.90. The molecule has 2 heterocycles. The zero-order valence-corrected chi connectivity index (χ0v) is 7.81. The van der Waals surface area contributed by atoms with Crippen LogP contribution in [0.4, 0.5) is 0 Å². The molecule has 2 aromatic heterocycles. The normalized spacial score (nSPS) is 12.7. The van der Waals surface area contributed by atoms with Crippen LogP contribution in [0.5, 0.6) is 0 Å². The van der Waals surface area contributed by atoms with E-state index in [9.17, 15) is 0 Å². The third-order valence-corrected chi connectivity index (χ3v) is 1.93. The van der Waals surface area contributed by atoms with E-state index >= 15 is 0 Å². The van der Waals surface area contributed by atoms with E-state index in [-0.39, 0.29) is 6.04 Å². The van der Waals surface area contributed by atoms with Gasteiger partial charge in [0, 0.05) is 12.2 Å². The monoisotopic (exact) mass is 189 g/mol. The second-order valence-corrected chi connectivity index (χ2v) is 3.09. The fraction of sp³-hybridized carbons (Fsp3) is 0.222. The first-order valence-corrected chi connectivity index (χ1v) is 4.34. The van der Waals surface area contributed by atoms with Crippen molar-refractivity contribution in [3.8, 4) is 11.4 Å². The minimum Gasteiger partial charge on any atom is -0.323 e. The van der Waals surface area contributed by atoms with Crippen LogP contribution < -0.4 is 5.73 Å². The van der Waals surface area contributed by atoms with Gasteiger partial charge in [0.05, 0.1) is 11.4 Å². The van der Waals surface area contributed by atoms with Gasteiger partial charge in [-0.25, -0.2) is 9.97 Å². The lowest BCUT2D eigenvalue weighted by Gasteiger charge is -1.97. The SMILES string of the molecule is C[C@H](N)c1cc(-c2ccncn2)n[nH]1. The maximum Gasteiger partial charge on any atom is 0.116 e. The molecular weight excluding hydrogens is 178 g/mol. The van der Waals surface area contributed by atoms with Crippen molar-refractivity contribution >= 4 is 0 Å². The van der Waals surface area contributed by atoms with Gasteiger partial charge in [0.1, 0.15) is 12.0 Å². The molecule has 0 aliphatic rings. The summed E-state index contributed by atoms with van der Waals surface area (Å²) in [6.07, 6.45) is 3.18. The highest BCUT2D eigenvalue weighted by atomic mass is 15.1. The largest absolute Gasteiger partial charge is 0.323 e. The van der Waals surface area contributed by atoms with Crippen molar-refractivity contribution < 1.29 is 0 Å². The lowest BCUT2D eigenvalue weighted by atomic mass is 10.2. The molecule has 0 amide bonds. The van der Waals surface area contributed by atoms with Crippen LogP contribution >= 0.6 is 0 Å². The number of nitrogens with one attached hydrogen (secondary N) is 1. The molecule has 2 rings (SSSR count). The third kappa shape index (κ3) is 1.62. The van der Waals surface area contributed by atoms with Crippen LogP contribution in [0.25, 0.3) is 11.4 Å². The van der Waals surface area contributed by atoms with Crippen LogP contribution in [-0.4, -0.2) is 20.2 Å². The van der Waals surface area contributed by atoms with Crippen molar-refractivity contribution in [3.63, 3.8) is 0 Å². The summed E-state index contributed by atoms with van der Waals surface area (Å²) in [5.74, 6) is 0. The van der Waals surface area contributed by atoms with Crippen LogP contribution in [0.15, 0.2) is 24.7 Å². The minimum absolute atomic E-state index is 0.0434. The average molecular weight is 189 g/mol. The van der Waals surface area contributed by atoms with Crippen molar-refractivity contribution in [1.82, 2.24) is 20.2 Å². The van der Waals surface area contributed by atoms with Crippen LogP contribution in [0.3, 0.4) is 0 Å². The Morgan fingerprint density at radius 1 is 1.43 bits per heavy atom. The van der Waals surface area contributed by atoms with Gasteiger partial charge in [-0.2, -0.15) is 5.10 Å². The Bertz CT molecular complexity index is 406. The zero-order valence-electron chi connectivity index (χ0n) is 7.81. The fourth-order valence-electron chi connectivity index (χ4n) is 1.14. The molecule has 0 bridgehead atoms. The molecule has 72 valence electrons. The van der Waals surface area contributed by atoms with Crippen LogP contribution in [0.2, 0.25) is 0 Å². The van der Waals surface area contributed by atoms with E-state index in [1.807, 2.05) is 13.0 Å². The number of aromatic nitrogens is 4. The van der Waals surface area contributed by atoms with Gasteiger partial charge in [-0.3, -0.25) is 5.10 Å². The molecular formula is C9H11N5. The van der Waals surface area contributed by atoms with E-state index in [0.717, 1.165) is 17.1 Å². The highest BCUT2D eigenvalue weighted by Crippen LogP contribution is 2.16. The van der Waals surface area contributed by atoms with Crippen LogP contribution in [-0.2, 0) is 0 Å². The van der Waals surface area contributed by atoms with Gasteiger partial charge in [-0.1, -0.05) is 0 Å². The van der Waals surface area contributed by atoms with E-state index in [2.05, 4.69) is 20.2 Å². The molecule has 0 saturated heterocycles. The number of nitrogens with two attached hydrogens (primary N) is 1. The molecule has 0 aliphatic heterocycles. The molecule has 0 radical (unpaired) electrons. The maximum atomic E-state index is 5.70. The number of hydrogen-bond acceptors (Lipinski definition) is 4. The summed E-state index contributed by atoms with van der Waals surface area (Å²) in [5, 5.41) is 6.98. The number of nitrogens with zero attached hydrogens (tertiary/aromatic N) is 3. The Hall–Kier alpha value is -1.75. The third-order valence-electron chi connectivity index (χ3n) is 1.93. The summed E-state index contributed by atoms with van der Waals surface area (Å²) in [4.78, 5) is 7.93. The average Bonchev–Trinajstić information content (AvgIpc) is 2.68. The fourth-order valence-corrected chi connectivity index (χ4v) is 1.14. The van der Waals surface area contributed by atoms with Crippen molar-refractivity contribution in [2.75, 3.05) is 0 Å². The zero-order chi connectivity index (χ0) is 9.97. The lowest BCUT2D eigenvalue weighted by Crippen LogP contribution is -2.04. The van der Waals surface area contributed by atoms with Gasteiger partial charge in [-0.05, 0) is 19.1 Å². The molecule has 5 nitrogen and oxygen atoms in total. The molecule has 5 heteroatoms. The molecule has 0 saturated carbocycles. The standard InChI is InChI=1S/C9H11N5/c1-6(10)8-4-9(14-13-8)7-2-3-11-5-12-7/h2-6H,10H2,1H3,(H,13,14)/t6-/m0/s1. The number of aromatic amines is 1. The van der Waals surface area contributed by atoms with Crippen molar-refractivity contribution in [2.24, 2.45) is 5.73 Å². The summed E-state index contributed by atoms with van der Waals surface area (Å²) >= 11 is 0. The molecule has 3 N–H and O–H groups in total. The van der Waals surface area contributed by atoms with Gasteiger partial charge in [0.25, 0.3) is 0 Å². The minimum atomic E-state index is -0.0434. The van der Waals surface area contributed by atoms with E-state index in [1.54, 1.807) is 12.3 Å². The Balaban J connectivity index is 2.34. The Labute approximate surface area is 81.4 Å². The maximum absolute atomic E-state index is 5.70. The number of H-pyrrole nitrogens is 1. The highest BCUT2D eigenvalue weighted by Gasteiger charge is 2.06. The van der Waals surface area contributed by atoms with Crippen molar-refractivity contribution in [3.05, 3.63) is 30.4 Å². The molecule has 1 atom stereocenters. The molecule has 2 aromatic rings. The Morgan fingerprint density at radius 3 is 2.86 bits per heavy atom. The van der Waals surface area contributed by atoms with Gasteiger partial charge in [0.2, 0.25) is 0 Å². The second kappa shape index (κ2) is 3.55. The van der Waals surface area contributed by atoms with Crippen LogP contribution in [0.1, 0.15) is 18.7 Å². The highest BCUT2D eigenvalue weighted by molar-refractivity contribution is 5.53. The quantitative estimate of drug-likeness (QED) is 0.735. The van der Waals surface area contributed by atoms with Crippen molar-refractivity contribution in [1.29, 1.82) is 0 Å². The second-order valence-electron chi connectivity index (χ2n) is 3.09. The van der Waals surface area contributed by atoms with E-state index in [1.165, 1.54) is 6.33 Å². The van der Waals surface area contributed by atoms with Gasteiger partial charge in [-0.15, -0.1) is 0 Å². The topological polar surface area (TPSA) is 80.5 Å². The van der Waals surface area contributed by atoms with E-state index < -0.39 is 0 Å². The summed E-state index contributed by atoms with van der Waals surface area (Å²) in [7, 11) is 0. The molecule has 14 heavy (non-hydrogen) atoms. The predicted molar refractivity (Wildman–Crippen MR) is 52.2 cm³/mol. The van der Waals surface area contributed by atoms with Gasteiger partial charge in [0.15, 0.2) is 0 Å². The molecule has 0 fully saturated rings. The smallest absolute Gasteiger partial charge is 0.116 e. The van der Waals surface area contributed by atoms with Gasteiger partial charge >= 0.3 is 0 Å². The molecule has 0 aromatic carbocycles. The first kappa shape index (κ1) is 8.83. The first-order valence-electron chi connectivity index (χ1n) is 4.34. The first-order chi connectivity index (χ1) is 6.77. The Morgan fingerprint density at radius 2 is 2.29 bits per heavy atom. The lowest BCUT2D eigenvalue weighted by molar-refractivity contribution is 0.772. The number of hydrogen-bond donors (Lipinski definition) is 2. The Kier molecular flexibility index (Phi) is 2.24. The molecule has 0 aliphatic carbocycles. The molecule has 0 spiro atoms. The summed E-state index contributed by atoms with van der Waals surface area (Å²) in [5.41, 5.74) is 8.19. The van der Waals surface area contributed by atoms with Crippen molar-refractivity contribution in [2.45, 2.75) is 13.0 Å². The predicted octanol–water partition coefficient (Wildman–Crippen LogP) is 0.886. The van der Waals surface area contributed by atoms with Gasteiger partial charge < -0.3 is 5.73 Å². The summed E-state index contributed by atoms with van der Waals surface area (Å²) in [6, 6.07) is 3.66.